The number of thioether (sulfide) groups is 1. The number of carboxylic acids is 1. The lowest BCUT2D eigenvalue weighted by Crippen LogP contribution is -2.42. The van der Waals surface area contributed by atoms with Gasteiger partial charge in [-0.15, -0.1) is 0 Å². The number of aliphatic hydroxyl groups is 1. The third kappa shape index (κ3) is 3.73. The van der Waals surface area contributed by atoms with Crippen LogP contribution in [-0.4, -0.2) is 62.9 Å². The molecular formula is C12H18N4O3S. The molecule has 1 aromatic rings. The first-order chi connectivity index (χ1) is 9.49. The summed E-state index contributed by atoms with van der Waals surface area (Å²) in [5, 5.41) is 21.3. The number of rotatable bonds is 5. The summed E-state index contributed by atoms with van der Waals surface area (Å²) >= 11 is 1.92. The van der Waals surface area contributed by atoms with E-state index in [-0.39, 0.29) is 6.54 Å². The van der Waals surface area contributed by atoms with Crippen LogP contribution in [0.25, 0.3) is 0 Å². The molecule has 1 aliphatic heterocycles. The number of hydrogen-bond acceptors (Lipinski definition) is 7. The molecule has 0 amide bonds. The van der Waals surface area contributed by atoms with Crippen molar-refractivity contribution in [2.24, 2.45) is 0 Å². The predicted molar refractivity (Wildman–Crippen MR) is 78.3 cm³/mol. The summed E-state index contributed by atoms with van der Waals surface area (Å²) in [4.78, 5) is 21.3. The Labute approximate surface area is 121 Å². The van der Waals surface area contributed by atoms with Crippen molar-refractivity contribution in [3.63, 3.8) is 0 Å². The number of hydrogen-bond donors (Lipinski definition) is 3. The first kappa shape index (κ1) is 14.9. The zero-order valence-corrected chi connectivity index (χ0v) is 12.1. The van der Waals surface area contributed by atoms with Crippen LogP contribution >= 0.6 is 11.8 Å². The summed E-state index contributed by atoms with van der Waals surface area (Å²) in [5.41, 5.74) is -1.83. The van der Waals surface area contributed by atoms with Crippen LogP contribution < -0.4 is 10.2 Å². The van der Waals surface area contributed by atoms with E-state index in [0.29, 0.717) is 5.82 Å². The molecule has 1 aromatic heterocycles. The first-order valence-corrected chi connectivity index (χ1v) is 7.49. The maximum absolute atomic E-state index is 10.8. The SMILES string of the molecule is CC(O)(CNc1cc(N2CCSCC2)ncn1)C(=O)O. The Morgan fingerprint density at radius 1 is 1.50 bits per heavy atom. The minimum absolute atomic E-state index is 0.116. The summed E-state index contributed by atoms with van der Waals surface area (Å²) in [5.74, 6) is 2.20. The maximum atomic E-state index is 10.8. The predicted octanol–water partition coefficient (Wildman–Crippen LogP) is 0.277. The minimum Gasteiger partial charge on any atom is -0.479 e. The Morgan fingerprint density at radius 3 is 2.85 bits per heavy atom. The number of nitrogens with zero attached hydrogens (tertiary/aromatic N) is 3. The molecule has 1 saturated heterocycles. The topological polar surface area (TPSA) is 98.6 Å². The summed E-state index contributed by atoms with van der Waals surface area (Å²) in [6.45, 7) is 3.00. The second kappa shape index (κ2) is 6.27. The van der Waals surface area contributed by atoms with Crippen LogP contribution in [0, 0.1) is 0 Å². The van der Waals surface area contributed by atoms with Crippen molar-refractivity contribution in [3.05, 3.63) is 12.4 Å². The molecular weight excluding hydrogens is 280 g/mol. The Bertz CT molecular complexity index is 478. The van der Waals surface area contributed by atoms with Gasteiger partial charge in [0.1, 0.15) is 18.0 Å². The minimum atomic E-state index is -1.83. The van der Waals surface area contributed by atoms with Gasteiger partial charge in [-0.2, -0.15) is 11.8 Å². The second-order valence-electron chi connectivity index (χ2n) is 4.79. The van der Waals surface area contributed by atoms with Gasteiger partial charge in [-0.05, 0) is 6.92 Å². The van der Waals surface area contributed by atoms with E-state index in [1.807, 2.05) is 11.8 Å². The lowest BCUT2D eigenvalue weighted by atomic mass is 10.1. The van der Waals surface area contributed by atoms with Gasteiger partial charge in [0.05, 0.1) is 6.54 Å². The Balaban J connectivity index is 2.00. The fourth-order valence-electron chi connectivity index (χ4n) is 1.75. The van der Waals surface area contributed by atoms with Gasteiger partial charge < -0.3 is 20.4 Å². The van der Waals surface area contributed by atoms with E-state index in [4.69, 9.17) is 5.11 Å². The molecule has 1 aliphatic rings. The lowest BCUT2D eigenvalue weighted by molar-refractivity contribution is -0.155. The van der Waals surface area contributed by atoms with Crippen LogP contribution in [0.15, 0.2) is 12.4 Å². The number of nitrogens with one attached hydrogen (secondary N) is 1. The van der Waals surface area contributed by atoms with Crippen molar-refractivity contribution < 1.29 is 15.0 Å². The molecule has 3 N–H and O–H groups in total. The average molecular weight is 298 g/mol. The number of aromatic nitrogens is 2. The molecule has 0 saturated carbocycles. The summed E-state index contributed by atoms with van der Waals surface area (Å²) in [6.07, 6.45) is 1.44. The van der Waals surface area contributed by atoms with Gasteiger partial charge in [-0.1, -0.05) is 0 Å². The number of carboxylic acid groups (broad SMARTS) is 1. The van der Waals surface area contributed by atoms with Gasteiger partial charge >= 0.3 is 5.97 Å². The van der Waals surface area contributed by atoms with Crippen LogP contribution in [0.4, 0.5) is 11.6 Å². The highest BCUT2D eigenvalue weighted by Gasteiger charge is 2.29. The number of carbonyl (C=O) groups is 1. The van der Waals surface area contributed by atoms with Gasteiger partial charge in [0.2, 0.25) is 0 Å². The van der Waals surface area contributed by atoms with Crippen molar-refractivity contribution in [2.75, 3.05) is 41.4 Å². The fraction of sp³-hybridized carbons (Fsp3) is 0.583. The quantitative estimate of drug-likeness (QED) is 0.713. The smallest absolute Gasteiger partial charge is 0.337 e. The highest BCUT2D eigenvalue weighted by Crippen LogP contribution is 2.19. The van der Waals surface area contributed by atoms with Crippen molar-refractivity contribution in [2.45, 2.75) is 12.5 Å². The zero-order valence-electron chi connectivity index (χ0n) is 11.2. The highest BCUT2D eigenvalue weighted by atomic mass is 32.2. The number of anilines is 2. The van der Waals surface area contributed by atoms with E-state index in [9.17, 15) is 9.90 Å². The largest absolute Gasteiger partial charge is 0.479 e. The van der Waals surface area contributed by atoms with E-state index in [2.05, 4.69) is 20.2 Å². The van der Waals surface area contributed by atoms with E-state index in [1.54, 1.807) is 6.07 Å². The maximum Gasteiger partial charge on any atom is 0.337 e. The third-order valence-corrected chi connectivity index (χ3v) is 4.00. The van der Waals surface area contributed by atoms with E-state index >= 15 is 0 Å². The molecule has 1 fully saturated rings. The summed E-state index contributed by atoms with van der Waals surface area (Å²) < 4.78 is 0. The van der Waals surface area contributed by atoms with Crippen molar-refractivity contribution in [1.29, 1.82) is 0 Å². The molecule has 2 rings (SSSR count). The highest BCUT2D eigenvalue weighted by molar-refractivity contribution is 7.99. The molecule has 0 spiro atoms. The third-order valence-electron chi connectivity index (χ3n) is 3.06. The van der Waals surface area contributed by atoms with Crippen molar-refractivity contribution in [1.82, 2.24) is 9.97 Å². The van der Waals surface area contributed by atoms with Crippen LogP contribution in [0.5, 0.6) is 0 Å². The van der Waals surface area contributed by atoms with E-state index in [0.717, 1.165) is 30.4 Å². The molecule has 110 valence electrons. The Hall–Kier alpha value is -1.54. The fourth-order valence-corrected chi connectivity index (χ4v) is 2.65. The Morgan fingerprint density at radius 2 is 2.20 bits per heavy atom. The first-order valence-electron chi connectivity index (χ1n) is 6.33. The molecule has 2 heterocycles. The lowest BCUT2D eigenvalue weighted by Gasteiger charge is -2.27. The van der Waals surface area contributed by atoms with Gasteiger partial charge in [-0.25, -0.2) is 14.8 Å². The van der Waals surface area contributed by atoms with Crippen LogP contribution in [-0.2, 0) is 4.79 Å². The molecule has 0 aromatic carbocycles. The molecule has 0 radical (unpaired) electrons. The van der Waals surface area contributed by atoms with Crippen molar-refractivity contribution >= 4 is 29.4 Å². The molecule has 1 unspecified atom stereocenters. The van der Waals surface area contributed by atoms with E-state index in [1.165, 1.54) is 13.3 Å². The van der Waals surface area contributed by atoms with Gasteiger partial charge in [0.15, 0.2) is 5.60 Å². The average Bonchev–Trinajstić information content (AvgIpc) is 2.46. The van der Waals surface area contributed by atoms with Crippen molar-refractivity contribution in [3.8, 4) is 0 Å². The van der Waals surface area contributed by atoms with Gasteiger partial charge in [0.25, 0.3) is 0 Å². The summed E-state index contributed by atoms with van der Waals surface area (Å²) in [7, 11) is 0. The molecule has 7 nitrogen and oxygen atoms in total. The summed E-state index contributed by atoms with van der Waals surface area (Å²) in [6, 6.07) is 1.77. The van der Waals surface area contributed by atoms with E-state index < -0.39 is 11.6 Å². The Kier molecular flexibility index (Phi) is 4.66. The van der Waals surface area contributed by atoms with Gasteiger partial charge in [-0.3, -0.25) is 0 Å². The second-order valence-corrected chi connectivity index (χ2v) is 6.02. The number of aliphatic carboxylic acids is 1. The monoisotopic (exact) mass is 298 g/mol. The van der Waals surface area contributed by atoms with Crippen LogP contribution in [0.2, 0.25) is 0 Å². The van der Waals surface area contributed by atoms with Gasteiger partial charge in [0, 0.05) is 30.7 Å². The normalized spacial score (nSPS) is 18.4. The van der Waals surface area contributed by atoms with Crippen LogP contribution in [0.1, 0.15) is 6.92 Å². The molecule has 1 atom stereocenters. The molecule has 20 heavy (non-hydrogen) atoms. The van der Waals surface area contributed by atoms with Crippen LogP contribution in [0.3, 0.4) is 0 Å². The zero-order chi connectivity index (χ0) is 14.6. The molecule has 8 heteroatoms. The molecule has 0 aliphatic carbocycles. The standard InChI is InChI=1S/C12H18N4O3S/c1-12(19,11(17)18)7-13-9-6-10(15-8-14-9)16-2-4-20-5-3-16/h6,8,19H,2-5,7H2,1H3,(H,17,18)(H,13,14,15). The molecule has 0 bridgehead atoms.